The van der Waals surface area contributed by atoms with Crippen molar-refractivity contribution in [3.8, 4) is 22.3 Å². The van der Waals surface area contributed by atoms with Gasteiger partial charge in [0, 0.05) is 5.56 Å². The van der Waals surface area contributed by atoms with Crippen LogP contribution < -0.4 is 0 Å². The zero-order valence-corrected chi connectivity index (χ0v) is 25.7. The highest BCUT2D eigenvalue weighted by atomic mass is 32.1. The lowest BCUT2D eigenvalue weighted by molar-refractivity contribution is 0.106. The van der Waals surface area contributed by atoms with Gasteiger partial charge in [-0.3, -0.25) is 4.79 Å². The number of rotatable bonds is 3. The fraction of sp³-hybridized carbons (Fsp3) is 0.316. The molecule has 0 aromatic heterocycles. The van der Waals surface area contributed by atoms with Crippen molar-refractivity contribution in [2.75, 3.05) is 0 Å². The average molecular weight is 543 g/mol. The Bertz CT molecular complexity index is 1600. The van der Waals surface area contributed by atoms with E-state index in [1.54, 1.807) is 0 Å². The molecule has 2 heteroatoms. The lowest BCUT2D eigenvalue weighted by Crippen LogP contribution is -2.43. The second-order valence-electron chi connectivity index (χ2n) is 13.8. The molecule has 0 bridgehead atoms. The molecule has 0 aliphatic heterocycles. The van der Waals surface area contributed by atoms with E-state index >= 15 is 0 Å². The lowest BCUT2D eigenvalue weighted by atomic mass is 9.55. The Hall–Kier alpha value is -3.36. The minimum atomic E-state index is -0.163. The van der Waals surface area contributed by atoms with Gasteiger partial charge in [-0.05, 0) is 83.9 Å². The van der Waals surface area contributed by atoms with Crippen LogP contribution in [-0.2, 0) is 21.7 Å². The molecule has 4 aromatic carbocycles. The maximum absolute atomic E-state index is 14.0. The number of carbonyl (C=O) groups is 1. The largest absolute Gasteiger partial charge is 0.288 e. The average Bonchev–Trinajstić information content (AvgIpc) is 2.94. The van der Waals surface area contributed by atoms with Crippen LogP contribution in [0, 0.1) is 0 Å². The number of thiocarbonyl (C=S) groups is 1. The first-order chi connectivity index (χ1) is 18.7. The third-order valence-corrected chi connectivity index (χ3v) is 11.4. The molecular weight excluding hydrogens is 504 g/mol. The molecule has 2 aliphatic rings. The van der Waals surface area contributed by atoms with Gasteiger partial charge in [0.15, 0.2) is 0 Å². The highest BCUT2D eigenvalue weighted by Crippen LogP contribution is 2.55. The Kier molecular flexibility index (Phi) is 5.75. The Morgan fingerprint density at radius 2 is 0.825 bits per heavy atom. The van der Waals surface area contributed by atoms with E-state index < -0.39 is 0 Å². The molecule has 0 radical (unpaired) electrons. The summed E-state index contributed by atoms with van der Waals surface area (Å²) in [7, 11) is 0. The number of benzene rings is 4. The Labute approximate surface area is 244 Å². The summed E-state index contributed by atoms with van der Waals surface area (Å²) < 4.78 is 0. The van der Waals surface area contributed by atoms with Crippen LogP contribution in [-0.4, -0.2) is 10.6 Å². The van der Waals surface area contributed by atoms with Gasteiger partial charge in [0.05, 0.1) is 4.86 Å². The van der Waals surface area contributed by atoms with Crippen LogP contribution in [0.15, 0.2) is 84.9 Å². The SMILES string of the molecule is CC1(C)c2ccccc2-c2ccc(C(=O)C(=S)c3ccc4c(c3)C(C)(C)C(C)(C)c3ccccc3-4)cc2C1(C)C. The third kappa shape index (κ3) is 3.45. The van der Waals surface area contributed by atoms with Crippen LogP contribution in [0.25, 0.3) is 22.3 Å². The molecule has 4 aromatic rings. The van der Waals surface area contributed by atoms with E-state index in [4.69, 9.17) is 12.2 Å². The monoisotopic (exact) mass is 542 g/mol. The van der Waals surface area contributed by atoms with Crippen molar-refractivity contribution in [3.63, 3.8) is 0 Å². The summed E-state index contributed by atoms with van der Waals surface area (Å²) >= 11 is 5.91. The summed E-state index contributed by atoms with van der Waals surface area (Å²) in [6.45, 7) is 18.5. The van der Waals surface area contributed by atoms with Gasteiger partial charge in [0.2, 0.25) is 5.78 Å². The van der Waals surface area contributed by atoms with Crippen molar-refractivity contribution in [1.29, 1.82) is 0 Å². The van der Waals surface area contributed by atoms with Crippen LogP contribution in [0.5, 0.6) is 0 Å². The molecule has 0 atom stereocenters. The van der Waals surface area contributed by atoms with Gasteiger partial charge in [0.1, 0.15) is 0 Å². The normalized spacial score (nSPS) is 18.5. The molecule has 0 fully saturated rings. The number of fused-ring (bicyclic) bond motifs is 6. The van der Waals surface area contributed by atoms with Crippen LogP contribution in [0.4, 0.5) is 0 Å². The molecule has 0 spiro atoms. The van der Waals surface area contributed by atoms with Gasteiger partial charge >= 0.3 is 0 Å². The topological polar surface area (TPSA) is 17.1 Å². The zero-order valence-electron chi connectivity index (χ0n) is 24.9. The molecule has 0 N–H and O–H groups in total. The molecule has 1 nitrogen and oxygen atoms in total. The first-order valence-electron chi connectivity index (χ1n) is 14.3. The van der Waals surface area contributed by atoms with Crippen LogP contribution in [0.1, 0.15) is 93.6 Å². The molecule has 2 aliphatic carbocycles. The van der Waals surface area contributed by atoms with Crippen molar-refractivity contribution in [2.24, 2.45) is 0 Å². The third-order valence-electron chi connectivity index (χ3n) is 11.0. The van der Waals surface area contributed by atoms with Gasteiger partial charge in [-0.2, -0.15) is 0 Å². The Balaban J connectivity index is 1.43. The first-order valence-corrected chi connectivity index (χ1v) is 14.7. The van der Waals surface area contributed by atoms with Crippen LogP contribution >= 0.6 is 12.2 Å². The van der Waals surface area contributed by atoms with Gasteiger partial charge in [0.25, 0.3) is 0 Å². The Morgan fingerprint density at radius 3 is 1.30 bits per heavy atom. The van der Waals surface area contributed by atoms with Gasteiger partial charge in [-0.15, -0.1) is 0 Å². The molecule has 0 saturated carbocycles. The molecule has 6 rings (SSSR count). The summed E-state index contributed by atoms with van der Waals surface area (Å²) in [5.41, 5.74) is 11.1. The molecule has 0 unspecified atom stereocenters. The van der Waals surface area contributed by atoms with Crippen LogP contribution in [0.2, 0.25) is 0 Å². The van der Waals surface area contributed by atoms with Crippen molar-refractivity contribution in [3.05, 3.63) is 118 Å². The second kappa shape index (κ2) is 8.57. The number of hydrogen-bond donors (Lipinski definition) is 0. The smallest absolute Gasteiger partial charge is 0.204 e. The highest BCUT2D eigenvalue weighted by Gasteiger charge is 2.47. The van der Waals surface area contributed by atoms with Crippen molar-refractivity contribution in [1.82, 2.24) is 0 Å². The number of ketones is 1. The minimum absolute atomic E-state index is 0.0754. The maximum Gasteiger partial charge on any atom is 0.204 e. The predicted molar refractivity (Wildman–Crippen MR) is 172 cm³/mol. The summed E-state index contributed by atoms with van der Waals surface area (Å²) in [5.74, 6) is -0.0847. The van der Waals surface area contributed by atoms with E-state index in [1.807, 2.05) is 12.1 Å². The summed E-state index contributed by atoms with van der Waals surface area (Å²) in [6.07, 6.45) is 0. The number of carbonyl (C=O) groups excluding carboxylic acids is 1. The molecule has 0 saturated heterocycles. The Morgan fingerprint density at radius 1 is 0.475 bits per heavy atom. The first kappa shape index (κ1) is 26.8. The summed E-state index contributed by atoms with van der Waals surface area (Å²) in [6, 6.07) is 29.9. The van der Waals surface area contributed by atoms with Gasteiger partial charge in [-0.1, -0.05) is 140 Å². The fourth-order valence-electron chi connectivity index (χ4n) is 7.01. The predicted octanol–water partition coefficient (Wildman–Crippen LogP) is 9.76. The molecule has 202 valence electrons. The van der Waals surface area contributed by atoms with E-state index in [9.17, 15) is 4.79 Å². The summed E-state index contributed by atoms with van der Waals surface area (Å²) in [4.78, 5) is 14.3. The molecular formula is C38H38OS. The highest BCUT2D eigenvalue weighted by molar-refractivity contribution is 7.82. The van der Waals surface area contributed by atoms with Crippen molar-refractivity contribution < 1.29 is 4.79 Å². The maximum atomic E-state index is 14.0. The minimum Gasteiger partial charge on any atom is -0.288 e. The molecule has 40 heavy (non-hydrogen) atoms. The van der Waals surface area contributed by atoms with Gasteiger partial charge in [-0.25, -0.2) is 0 Å². The van der Waals surface area contributed by atoms with E-state index in [2.05, 4.69) is 128 Å². The second-order valence-corrected chi connectivity index (χ2v) is 14.2. The van der Waals surface area contributed by atoms with Crippen LogP contribution in [0.3, 0.4) is 0 Å². The van der Waals surface area contributed by atoms with Gasteiger partial charge < -0.3 is 0 Å². The molecule has 0 amide bonds. The number of Topliss-reactive ketones (excluding diaryl/α,β-unsaturated/α-hetero) is 1. The molecule has 0 heterocycles. The van der Waals surface area contributed by atoms with E-state index in [0.29, 0.717) is 10.4 Å². The van der Waals surface area contributed by atoms with E-state index in [-0.39, 0.29) is 27.4 Å². The lowest BCUT2D eigenvalue weighted by Gasteiger charge is -2.48. The summed E-state index contributed by atoms with van der Waals surface area (Å²) in [5, 5.41) is 0. The van der Waals surface area contributed by atoms with E-state index in [0.717, 1.165) is 5.56 Å². The van der Waals surface area contributed by atoms with Crippen molar-refractivity contribution in [2.45, 2.75) is 77.0 Å². The standard InChI is InChI=1S/C38H38OS/c1-35(2)29-15-11-9-13-25(29)27-19-17-23(21-31(27)37(35,5)6)33(39)34(40)24-18-20-28-26-14-10-12-16-30(26)36(3,4)38(7,8)32(28)22-24/h9-22H,1-8H3. The van der Waals surface area contributed by atoms with Crippen molar-refractivity contribution >= 4 is 22.9 Å². The quantitative estimate of drug-likeness (QED) is 0.189. The van der Waals surface area contributed by atoms with E-state index in [1.165, 1.54) is 44.5 Å². The fourth-order valence-corrected chi connectivity index (χ4v) is 7.25. The zero-order chi connectivity index (χ0) is 28.8. The number of hydrogen-bond acceptors (Lipinski definition) is 2.